The van der Waals surface area contributed by atoms with Gasteiger partial charge in [-0.1, -0.05) is 121 Å². The van der Waals surface area contributed by atoms with Gasteiger partial charge < -0.3 is 75.6 Å². The summed E-state index contributed by atoms with van der Waals surface area (Å²) in [5, 5.41) is 38.6. The van der Waals surface area contributed by atoms with E-state index < -0.39 is 78.2 Å². The van der Waals surface area contributed by atoms with E-state index in [4.69, 9.17) is 28.7 Å². The number of para-hydroxylation sites is 1. The number of unbranched alkanes of at least 4 members (excludes halogenated alkanes) is 3. The fourth-order valence-electron chi connectivity index (χ4n) is 13.7. The number of allylic oxidation sites excluding steroid dienone is 2. The van der Waals surface area contributed by atoms with Crippen LogP contribution in [0.5, 0.6) is 0 Å². The van der Waals surface area contributed by atoms with Crippen molar-refractivity contribution < 1.29 is 81.8 Å². The number of aromatic nitrogens is 1. The minimum atomic E-state index is -1.27. The van der Waals surface area contributed by atoms with Crippen molar-refractivity contribution in [2.24, 2.45) is 17.3 Å². The molecule has 1 aromatic heterocycles. The molecule has 7 atom stereocenters. The third-order valence-electron chi connectivity index (χ3n) is 20.3. The van der Waals surface area contributed by atoms with Crippen molar-refractivity contribution in [2.45, 2.75) is 207 Å². The van der Waals surface area contributed by atoms with Crippen LogP contribution in [0, 0.1) is 17.3 Å². The van der Waals surface area contributed by atoms with E-state index in [1.807, 2.05) is 63.1 Å². The third kappa shape index (κ3) is 28.4. The Morgan fingerprint density at radius 3 is 2.05 bits per heavy atom. The molecule has 0 radical (unpaired) electrons. The summed E-state index contributed by atoms with van der Waals surface area (Å²) < 4.78 is 28.6. The summed E-state index contributed by atoms with van der Waals surface area (Å²) in [4.78, 5) is 144. The largest absolute Gasteiger partial charge is 0.481 e. The zero-order chi connectivity index (χ0) is 79.7. The molecule has 4 aromatic rings. The third-order valence-corrected chi connectivity index (χ3v) is 21.3. The number of fused-ring (bicyclic) bond motifs is 4. The van der Waals surface area contributed by atoms with Gasteiger partial charge in [-0.05, 0) is 137 Å². The molecule has 1 aliphatic carbocycles. The van der Waals surface area contributed by atoms with Crippen LogP contribution in [0.4, 0.5) is 11.4 Å². The molecule has 8 amide bonds. The quantitative estimate of drug-likeness (QED) is 0.0191. The highest BCUT2D eigenvalue weighted by Gasteiger charge is 2.40. The normalized spacial score (nSPS) is 15.8. The molecule has 28 heteroatoms. The van der Waals surface area contributed by atoms with Crippen LogP contribution in [0.25, 0.3) is 11.1 Å². The Bertz CT molecular complexity index is 3720. The van der Waals surface area contributed by atoms with Gasteiger partial charge in [0.2, 0.25) is 41.4 Å². The van der Waals surface area contributed by atoms with Gasteiger partial charge in [-0.3, -0.25) is 52.8 Å². The summed E-state index contributed by atoms with van der Waals surface area (Å²) >= 11 is 1.27. The molecule has 0 saturated carbocycles. The number of piperidine rings is 1. The van der Waals surface area contributed by atoms with E-state index in [1.165, 1.54) is 28.0 Å². The van der Waals surface area contributed by atoms with Gasteiger partial charge in [-0.25, -0.2) is 4.98 Å². The lowest BCUT2D eigenvalue weighted by atomic mass is 9.84. The number of carboxylic acids is 2. The predicted octanol–water partition coefficient (Wildman–Crippen LogP) is 9.52. The highest BCUT2D eigenvalue weighted by Crippen LogP contribution is 2.52. The molecule has 7 rings (SSSR count). The Hall–Kier alpha value is -8.51. The van der Waals surface area contributed by atoms with E-state index in [0.717, 1.165) is 74.7 Å². The summed E-state index contributed by atoms with van der Waals surface area (Å²) in [6, 6.07) is 19.5. The van der Waals surface area contributed by atoms with Crippen LogP contribution < -0.4 is 36.8 Å². The molecular weight excluding hydrogens is 1430 g/mol. The molecular formula is C82H118N10O17S. The van der Waals surface area contributed by atoms with Gasteiger partial charge in [-0.15, -0.1) is 11.3 Å². The van der Waals surface area contributed by atoms with Crippen LogP contribution in [0.1, 0.15) is 202 Å². The summed E-state index contributed by atoms with van der Waals surface area (Å²) in [5.74, 6) is -5.48. The number of ether oxygens (including phenoxy) is 5. The summed E-state index contributed by atoms with van der Waals surface area (Å²) in [7, 11) is 1.96. The molecule has 27 nitrogen and oxygen atoms in total. The second-order valence-corrected chi connectivity index (χ2v) is 30.5. The number of hydrogen-bond acceptors (Lipinski definition) is 18. The first kappa shape index (κ1) is 88.7. The van der Waals surface area contributed by atoms with Crippen LogP contribution in [0.2, 0.25) is 0 Å². The zero-order valence-corrected chi connectivity index (χ0v) is 66.6. The Morgan fingerprint density at radius 1 is 0.718 bits per heavy atom. The van der Waals surface area contributed by atoms with Crippen LogP contribution in [0.3, 0.4) is 0 Å². The van der Waals surface area contributed by atoms with E-state index in [0.29, 0.717) is 62.0 Å². The number of nitrogens with one attached hydrogen (secondary N) is 6. The van der Waals surface area contributed by atoms with Gasteiger partial charge in [0, 0.05) is 80.5 Å². The molecule has 604 valence electrons. The number of amides is 8. The number of hydrogen-bond donors (Lipinski definition) is 8. The number of carbonyl (C=O) groups excluding carboxylic acids is 8. The minimum absolute atomic E-state index is 0.0194. The average Bonchev–Trinajstić information content (AvgIpc) is 1.59. The molecule has 0 unspecified atom stereocenters. The fourth-order valence-corrected chi connectivity index (χ4v) is 14.6. The fraction of sp³-hybridized carbons (Fsp3) is 0.598. The highest BCUT2D eigenvalue weighted by atomic mass is 32.1. The van der Waals surface area contributed by atoms with E-state index in [-0.39, 0.29) is 138 Å². The summed E-state index contributed by atoms with van der Waals surface area (Å²) in [5.41, 5.74) is 6.69. The van der Waals surface area contributed by atoms with Gasteiger partial charge in [0.15, 0.2) is 0 Å². The summed E-state index contributed by atoms with van der Waals surface area (Å²) in [6.45, 7) is 19.0. The second kappa shape index (κ2) is 45.7. The lowest BCUT2D eigenvalue weighted by Gasteiger charge is -2.40. The van der Waals surface area contributed by atoms with E-state index in [2.05, 4.69) is 75.8 Å². The zero-order valence-electron chi connectivity index (χ0n) is 65.8. The molecule has 0 bridgehead atoms. The Labute approximate surface area is 651 Å². The standard InChI is InChI=1S/C82H118N10O17S/c1-10-13-14-20-38-91(80(102)75(55(6)11-2)89-78(101)67-26-19-21-37-90(67)9)68(54(4)5)49-69(109-12-3)79-88-65(53-110-79)77(100)86-59(50-82(7,8)81(103)104)47-56-27-29-58(30-28-56)85-72(95)51-84-76(99)64(31-34-74(97)98)87-71(94)35-39-105-41-43-107-45-46-108-44-42-106-40-36-83-70(93)32-33-73(96)92-52-57-22-15-16-23-60(57)62-48-63(62)61-24-17-18-25-66(61)92/h15-18,22-25,27-30,53-55,59,64,67-69,75H,10-14,19-21,26,31-52H2,1-9H3,(H,83,93)(H,84,99)(H,85,95)(H,86,100)(H,87,94)(H,89,101)(H,97,98)(H,103,104)/t55-,59-,64-,67+,68+,69+,75-/m0/s1. The maximum atomic E-state index is 15.1. The topological polar surface area (TPSA) is 352 Å². The molecule has 2 aliphatic heterocycles. The van der Waals surface area contributed by atoms with Crippen LogP contribution in [-0.2, 0) is 79.8 Å². The highest BCUT2D eigenvalue weighted by molar-refractivity contribution is 7.09. The molecule has 0 spiro atoms. The number of carbonyl (C=O) groups is 10. The van der Waals surface area contributed by atoms with E-state index in [9.17, 15) is 53.4 Å². The maximum Gasteiger partial charge on any atom is 0.309 e. The average molecular weight is 1550 g/mol. The van der Waals surface area contributed by atoms with Gasteiger partial charge in [0.25, 0.3) is 5.91 Å². The summed E-state index contributed by atoms with van der Waals surface area (Å²) in [6.07, 6.45) is 7.39. The van der Waals surface area contributed by atoms with E-state index >= 15 is 4.79 Å². The lowest BCUT2D eigenvalue weighted by Crippen LogP contribution is -2.59. The van der Waals surface area contributed by atoms with Crippen molar-refractivity contribution in [2.75, 3.05) is 103 Å². The Morgan fingerprint density at radius 2 is 1.39 bits per heavy atom. The number of thiazole rings is 1. The van der Waals surface area contributed by atoms with Gasteiger partial charge in [0.1, 0.15) is 28.9 Å². The van der Waals surface area contributed by atoms with Crippen molar-refractivity contribution in [1.82, 2.24) is 41.4 Å². The van der Waals surface area contributed by atoms with Crippen molar-refractivity contribution in [3.05, 3.63) is 111 Å². The van der Waals surface area contributed by atoms with Crippen molar-refractivity contribution in [1.29, 1.82) is 0 Å². The van der Waals surface area contributed by atoms with Gasteiger partial charge in [0.05, 0.1) is 83.1 Å². The lowest BCUT2D eigenvalue weighted by molar-refractivity contribution is -0.147. The first-order valence-corrected chi connectivity index (χ1v) is 40.1. The molecule has 110 heavy (non-hydrogen) atoms. The molecule has 3 aliphatic rings. The van der Waals surface area contributed by atoms with Crippen molar-refractivity contribution in [3.63, 3.8) is 0 Å². The Balaban J connectivity index is 0.797. The number of rotatable bonds is 50. The number of aliphatic carboxylic acids is 2. The van der Waals surface area contributed by atoms with E-state index in [1.54, 1.807) is 48.4 Å². The minimum Gasteiger partial charge on any atom is -0.481 e. The van der Waals surface area contributed by atoms with Gasteiger partial charge >= 0.3 is 11.9 Å². The monoisotopic (exact) mass is 1550 g/mol. The number of carboxylic acid groups (broad SMARTS) is 2. The van der Waals surface area contributed by atoms with Crippen molar-refractivity contribution >= 4 is 93.1 Å². The molecule has 8 N–H and O–H groups in total. The first-order valence-electron chi connectivity index (χ1n) is 39.2. The molecule has 3 aromatic carbocycles. The van der Waals surface area contributed by atoms with Crippen LogP contribution in [0.15, 0.2) is 78.2 Å². The molecule has 3 heterocycles. The maximum absolute atomic E-state index is 15.1. The Kier molecular flexibility index (Phi) is 36.9. The number of likely N-dealkylation sites (tertiary alicyclic amines) is 1. The molecule has 1 saturated heterocycles. The molecule has 1 fully saturated rings. The second-order valence-electron chi connectivity index (χ2n) is 29.6. The van der Waals surface area contributed by atoms with Crippen LogP contribution in [-0.4, -0.2) is 207 Å². The number of likely N-dealkylation sites (N-methyl/N-ethyl adjacent to an activating group) is 1. The van der Waals surface area contributed by atoms with Crippen LogP contribution >= 0.6 is 11.3 Å². The predicted molar refractivity (Wildman–Crippen MR) is 421 cm³/mol. The number of anilines is 2. The number of benzene rings is 3. The SMILES string of the molecule is CCCCCCN(C(=O)[C@@H](NC(=O)[C@H]1CCCCN1C)[C@@H](C)CC)[C@H](C[C@@H](OCC)c1nc(C(=O)N[C@@H](Cc2ccc(NC(=O)CNC(=O)[C@H](CCC(=O)O)NC(=O)CCOCCOCCOCCOCCNC(=O)CCC(=O)N3Cc4ccccc4C4=C(C4)c4ccccc43)cc2)CC(C)(C)C(=O)O)cs1)C(C)C. The first-order chi connectivity index (χ1) is 52.8. The number of nitrogens with zero attached hydrogens (tertiary/aromatic N) is 4. The van der Waals surface area contributed by atoms with Gasteiger partial charge in [-0.2, -0.15) is 0 Å². The smallest absolute Gasteiger partial charge is 0.309 e. The van der Waals surface area contributed by atoms with Crippen molar-refractivity contribution in [3.8, 4) is 0 Å².